The highest BCUT2D eigenvalue weighted by Crippen LogP contribution is 2.23. The van der Waals surface area contributed by atoms with Crippen molar-refractivity contribution in [2.75, 3.05) is 45.8 Å². The number of benzene rings is 1. The second kappa shape index (κ2) is 8.62. The molecule has 0 bridgehead atoms. The molecule has 6 nitrogen and oxygen atoms in total. The lowest BCUT2D eigenvalue weighted by atomic mass is 9.96. The third-order valence-electron chi connectivity index (χ3n) is 6.40. The average Bonchev–Trinajstić information content (AvgIpc) is 3.10. The highest BCUT2D eigenvalue weighted by molar-refractivity contribution is 5.79. The molecule has 0 saturated carbocycles. The molecule has 0 aliphatic carbocycles. The number of para-hydroxylation sites is 2. The van der Waals surface area contributed by atoms with Crippen molar-refractivity contribution < 1.29 is 4.79 Å². The molecule has 1 aromatic heterocycles. The zero-order valence-electron chi connectivity index (χ0n) is 17.3. The van der Waals surface area contributed by atoms with E-state index in [2.05, 4.69) is 51.3 Å². The minimum absolute atomic E-state index is 0.140. The molecule has 0 spiro atoms. The number of likely N-dealkylation sites (tertiary alicyclic amines) is 1. The van der Waals surface area contributed by atoms with E-state index < -0.39 is 0 Å². The van der Waals surface area contributed by atoms with Crippen LogP contribution in [0.15, 0.2) is 24.3 Å². The normalized spacial score (nSPS) is 22.1. The second-order valence-corrected chi connectivity index (χ2v) is 8.09. The van der Waals surface area contributed by atoms with Crippen molar-refractivity contribution in [3.63, 3.8) is 0 Å². The Hall–Kier alpha value is -1.92. The lowest BCUT2D eigenvalue weighted by Crippen LogP contribution is -2.52. The van der Waals surface area contributed by atoms with Gasteiger partial charge in [-0.05, 0) is 45.0 Å². The summed E-state index contributed by atoms with van der Waals surface area (Å²) in [6.07, 6.45) is 2.12. The van der Waals surface area contributed by atoms with Gasteiger partial charge in [-0.15, -0.1) is 0 Å². The Morgan fingerprint density at radius 2 is 1.82 bits per heavy atom. The van der Waals surface area contributed by atoms with Gasteiger partial charge in [-0.1, -0.05) is 19.1 Å². The van der Waals surface area contributed by atoms with Crippen LogP contribution in [0.3, 0.4) is 0 Å². The Balaban J connectivity index is 1.41. The van der Waals surface area contributed by atoms with E-state index in [0.717, 1.165) is 83.1 Å². The predicted molar refractivity (Wildman–Crippen MR) is 112 cm³/mol. The molecule has 1 aromatic carbocycles. The van der Waals surface area contributed by atoms with Gasteiger partial charge in [-0.2, -0.15) is 0 Å². The maximum Gasteiger partial charge on any atom is 0.227 e. The molecule has 2 fully saturated rings. The van der Waals surface area contributed by atoms with E-state index in [4.69, 9.17) is 4.98 Å². The number of piperidine rings is 1. The fourth-order valence-corrected chi connectivity index (χ4v) is 4.74. The van der Waals surface area contributed by atoms with Gasteiger partial charge in [0.05, 0.1) is 23.5 Å². The number of imidazole rings is 1. The molecule has 152 valence electrons. The largest absolute Gasteiger partial charge is 0.340 e. The first-order valence-corrected chi connectivity index (χ1v) is 10.9. The number of amides is 1. The van der Waals surface area contributed by atoms with Crippen molar-refractivity contribution in [2.24, 2.45) is 5.92 Å². The molecule has 4 rings (SSSR count). The van der Waals surface area contributed by atoms with E-state index in [1.165, 1.54) is 5.52 Å². The fraction of sp³-hybridized carbons (Fsp3) is 0.636. The Kier molecular flexibility index (Phi) is 5.97. The molecule has 0 radical (unpaired) electrons. The standard InChI is InChI=1S/C22H33N5O/c1-3-24-12-14-26(15-13-24)22(28)18-8-7-11-25(16-18)17-21-23-19-9-5-6-10-20(19)27(21)4-2/h5-6,9-10,18H,3-4,7-8,11-17H2,1-2H3/t18-/m0/s1. The van der Waals surface area contributed by atoms with Gasteiger partial charge in [-0.25, -0.2) is 4.98 Å². The smallest absolute Gasteiger partial charge is 0.227 e. The molecule has 28 heavy (non-hydrogen) atoms. The third kappa shape index (κ3) is 3.94. The molecule has 1 atom stereocenters. The minimum Gasteiger partial charge on any atom is -0.340 e. The van der Waals surface area contributed by atoms with E-state index >= 15 is 0 Å². The molecule has 3 heterocycles. The van der Waals surface area contributed by atoms with Gasteiger partial charge in [0.25, 0.3) is 0 Å². The second-order valence-electron chi connectivity index (χ2n) is 8.09. The number of hydrogen-bond acceptors (Lipinski definition) is 4. The molecule has 6 heteroatoms. The highest BCUT2D eigenvalue weighted by Gasteiger charge is 2.31. The van der Waals surface area contributed by atoms with E-state index in [0.29, 0.717) is 5.91 Å². The van der Waals surface area contributed by atoms with Crippen LogP contribution in [0.2, 0.25) is 0 Å². The molecule has 2 aliphatic rings. The van der Waals surface area contributed by atoms with E-state index in [1.807, 2.05) is 6.07 Å². The maximum absolute atomic E-state index is 13.1. The van der Waals surface area contributed by atoms with Gasteiger partial charge in [-0.3, -0.25) is 9.69 Å². The Labute approximate surface area is 168 Å². The van der Waals surface area contributed by atoms with E-state index in [1.54, 1.807) is 0 Å². The molecule has 1 amide bonds. The molecule has 2 saturated heterocycles. The van der Waals surface area contributed by atoms with Crippen LogP contribution in [0.4, 0.5) is 0 Å². The van der Waals surface area contributed by atoms with Crippen LogP contribution >= 0.6 is 0 Å². The number of hydrogen-bond donors (Lipinski definition) is 0. The Morgan fingerprint density at radius 1 is 1.04 bits per heavy atom. The van der Waals surface area contributed by atoms with Crippen molar-refractivity contribution in [2.45, 2.75) is 39.8 Å². The highest BCUT2D eigenvalue weighted by atomic mass is 16.2. The number of aryl methyl sites for hydroxylation is 1. The Morgan fingerprint density at radius 3 is 2.57 bits per heavy atom. The quantitative estimate of drug-likeness (QED) is 0.796. The van der Waals surface area contributed by atoms with Crippen molar-refractivity contribution in [3.05, 3.63) is 30.1 Å². The SMILES string of the molecule is CCN1CCN(C(=O)[C@H]2CCCN(Cc3nc4ccccc4n3CC)C2)CC1. The van der Waals surface area contributed by atoms with E-state index in [-0.39, 0.29) is 5.92 Å². The van der Waals surface area contributed by atoms with Crippen molar-refractivity contribution in [1.29, 1.82) is 0 Å². The summed E-state index contributed by atoms with van der Waals surface area (Å²) in [6, 6.07) is 8.36. The summed E-state index contributed by atoms with van der Waals surface area (Å²) >= 11 is 0. The van der Waals surface area contributed by atoms with Crippen molar-refractivity contribution in [1.82, 2.24) is 24.3 Å². The number of piperazine rings is 1. The molecular weight excluding hydrogens is 350 g/mol. The summed E-state index contributed by atoms with van der Waals surface area (Å²) in [5.74, 6) is 1.62. The zero-order chi connectivity index (χ0) is 19.5. The van der Waals surface area contributed by atoms with Crippen LogP contribution in [0.5, 0.6) is 0 Å². The van der Waals surface area contributed by atoms with Gasteiger partial charge < -0.3 is 14.4 Å². The van der Waals surface area contributed by atoms with Crippen LogP contribution in [0, 0.1) is 5.92 Å². The molecule has 2 aliphatic heterocycles. The third-order valence-corrected chi connectivity index (χ3v) is 6.40. The zero-order valence-corrected chi connectivity index (χ0v) is 17.3. The summed E-state index contributed by atoms with van der Waals surface area (Å²) in [4.78, 5) is 24.9. The average molecular weight is 384 g/mol. The number of carbonyl (C=O) groups is 1. The Bertz CT molecular complexity index is 808. The van der Waals surface area contributed by atoms with Crippen LogP contribution < -0.4 is 0 Å². The van der Waals surface area contributed by atoms with Crippen LogP contribution in [-0.2, 0) is 17.9 Å². The van der Waals surface area contributed by atoms with E-state index in [9.17, 15) is 4.79 Å². The monoisotopic (exact) mass is 383 g/mol. The summed E-state index contributed by atoms with van der Waals surface area (Å²) in [7, 11) is 0. The summed E-state index contributed by atoms with van der Waals surface area (Å²) < 4.78 is 2.31. The number of aromatic nitrogens is 2. The van der Waals surface area contributed by atoms with Gasteiger partial charge in [0.2, 0.25) is 5.91 Å². The first kappa shape index (κ1) is 19.4. The van der Waals surface area contributed by atoms with Gasteiger partial charge in [0.1, 0.15) is 5.82 Å². The predicted octanol–water partition coefficient (Wildman–Crippen LogP) is 2.43. The lowest BCUT2D eigenvalue weighted by molar-refractivity contribution is -0.139. The summed E-state index contributed by atoms with van der Waals surface area (Å²) in [5, 5.41) is 0. The van der Waals surface area contributed by atoms with Gasteiger partial charge >= 0.3 is 0 Å². The van der Waals surface area contributed by atoms with Crippen molar-refractivity contribution >= 4 is 16.9 Å². The molecule has 0 unspecified atom stereocenters. The minimum atomic E-state index is 0.140. The topological polar surface area (TPSA) is 44.6 Å². The van der Waals surface area contributed by atoms with Crippen molar-refractivity contribution in [3.8, 4) is 0 Å². The summed E-state index contributed by atoms with van der Waals surface area (Å²) in [6.45, 7) is 12.9. The lowest BCUT2D eigenvalue weighted by Gasteiger charge is -2.38. The number of likely N-dealkylation sites (N-methyl/N-ethyl adjacent to an activating group) is 1. The number of rotatable bonds is 5. The molecule has 0 N–H and O–H groups in total. The van der Waals surface area contributed by atoms with Crippen LogP contribution in [0.25, 0.3) is 11.0 Å². The van der Waals surface area contributed by atoms with Gasteiger partial charge in [0.15, 0.2) is 0 Å². The van der Waals surface area contributed by atoms with Crippen LogP contribution in [0.1, 0.15) is 32.5 Å². The number of nitrogens with zero attached hydrogens (tertiary/aromatic N) is 5. The van der Waals surface area contributed by atoms with Gasteiger partial charge in [0, 0.05) is 39.3 Å². The summed E-state index contributed by atoms with van der Waals surface area (Å²) in [5.41, 5.74) is 2.27. The number of carbonyl (C=O) groups excluding carboxylic acids is 1. The number of fused-ring (bicyclic) bond motifs is 1. The molecule has 2 aromatic rings. The first-order chi connectivity index (χ1) is 13.7. The fourth-order valence-electron chi connectivity index (χ4n) is 4.74. The first-order valence-electron chi connectivity index (χ1n) is 10.9. The maximum atomic E-state index is 13.1. The molecular formula is C22H33N5O. The van der Waals surface area contributed by atoms with Crippen LogP contribution in [-0.4, -0.2) is 76.0 Å².